The third-order valence-corrected chi connectivity index (χ3v) is 7.25. The van der Waals surface area contributed by atoms with E-state index in [2.05, 4.69) is 5.32 Å². The monoisotopic (exact) mass is 461 g/mol. The van der Waals surface area contributed by atoms with Crippen molar-refractivity contribution in [2.75, 3.05) is 19.1 Å². The summed E-state index contributed by atoms with van der Waals surface area (Å²) < 4.78 is 13.0. The molecule has 7 nitrogen and oxygen atoms in total. The van der Waals surface area contributed by atoms with Crippen molar-refractivity contribution in [2.45, 2.75) is 57.2 Å². The van der Waals surface area contributed by atoms with Crippen LogP contribution in [0, 0.1) is 0 Å². The van der Waals surface area contributed by atoms with Gasteiger partial charge in [0.25, 0.3) is 5.91 Å². The molecule has 7 heteroatoms. The summed E-state index contributed by atoms with van der Waals surface area (Å²) in [4.78, 5) is 29.6. The van der Waals surface area contributed by atoms with Crippen LogP contribution < -0.4 is 19.7 Å². The van der Waals surface area contributed by atoms with Crippen LogP contribution in [0.4, 0.5) is 5.69 Å². The summed E-state index contributed by atoms with van der Waals surface area (Å²) in [6.07, 6.45) is 5.38. The predicted octanol–water partition coefficient (Wildman–Crippen LogP) is 4.53. The number of amides is 2. The number of methoxy groups -OCH3 is 2. The molecule has 0 saturated heterocycles. The predicted molar refractivity (Wildman–Crippen MR) is 132 cm³/mol. The van der Waals surface area contributed by atoms with Crippen LogP contribution in [0.2, 0.25) is 0 Å². The van der Waals surface area contributed by atoms with Gasteiger partial charge in [0, 0.05) is 23.0 Å². The lowest BCUT2D eigenvalue weighted by atomic mass is 9.91. The average molecular weight is 462 g/mol. The fraction of sp³-hybridized carbons (Fsp3) is 0.407. The van der Waals surface area contributed by atoms with E-state index in [-0.39, 0.29) is 17.9 Å². The second-order valence-electron chi connectivity index (χ2n) is 9.44. The second kappa shape index (κ2) is 8.70. The maximum Gasteiger partial charge on any atom is 0.276 e. The van der Waals surface area contributed by atoms with Gasteiger partial charge in [-0.15, -0.1) is 0 Å². The summed E-state index contributed by atoms with van der Waals surface area (Å²) >= 11 is 0. The molecule has 5 rings (SSSR count). The number of hydrogen-bond donors (Lipinski definition) is 1. The molecule has 2 aliphatic rings. The minimum atomic E-state index is -1.15. The number of hydrogen-bond acceptors (Lipinski definition) is 4. The van der Waals surface area contributed by atoms with Crippen LogP contribution in [0.5, 0.6) is 11.5 Å². The standard InChI is InChI=1S/C27H31N3O4/c1-27(26(32)28-19-10-5-4-6-11-19)17-29-21-12-8-7-9-18(21)15-23(29)25(31)30(27)22-14-13-20(33-2)16-24(22)34-3/h7-9,12-16,19H,4-6,10-11,17H2,1-3H3,(H,28,32). The minimum Gasteiger partial charge on any atom is -0.497 e. The summed E-state index contributed by atoms with van der Waals surface area (Å²) in [6.45, 7) is 2.19. The molecule has 34 heavy (non-hydrogen) atoms. The van der Waals surface area contributed by atoms with E-state index in [0.29, 0.717) is 29.4 Å². The van der Waals surface area contributed by atoms with Gasteiger partial charge in [-0.3, -0.25) is 14.5 Å². The van der Waals surface area contributed by atoms with Crippen LogP contribution in [0.3, 0.4) is 0 Å². The van der Waals surface area contributed by atoms with Gasteiger partial charge in [0.15, 0.2) is 0 Å². The molecule has 0 spiro atoms. The average Bonchev–Trinajstić information content (AvgIpc) is 3.23. The Bertz CT molecular complexity index is 1240. The number of nitrogens with zero attached hydrogens (tertiary/aromatic N) is 2. The summed E-state index contributed by atoms with van der Waals surface area (Å²) in [7, 11) is 3.14. The first kappa shape index (κ1) is 22.3. The molecule has 0 bridgehead atoms. The molecular formula is C27H31N3O4. The van der Waals surface area contributed by atoms with E-state index in [1.54, 1.807) is 37.3 Å². The van der Waals surface area contributed by atoms with Crippen molar-refractivity contribution in [1.82, 2.24) is 9.88 Å². The Morgan fingerprint density at radius 2 is 1.79 bits per heavy atom. The lowest BCUT2D eigenvalue weighted by Crippen LogP contribution is -2.65. The molecule has 1 unspecified atom stereocenters. The van der Waals surface area contributed by atoms with Crippen LogP contribution in [0.1, 0.15) is 49.5 Å². The Balaban J connectivity index is 1.64. The fourth-order valence-electron chi connectivity index (χ4n) is 5.38. The van der Waals surface area contributed by atoms with Crippen molar-refractivity contribution in [1.29, 1.82) is 0 Å². The number of benzene rings is 2. The second-order valence-corrected chi connectivity index (χ2v) is 9.44. The largest absolute Gasteiger partial charge is 0.497 e. The molecule has 1 fully saturated rings. The van der Waals surface area contributed by atoms with E-state index < -0.39 is 5.54 Å². The van der Waals surface area contributed by atoms with Crippen LogP contribution in [-0.2, 0) is 11.3 Å². The summed E-state index contributed by atoms with van der Waals surface area (Å²) in [5, 5.41) is 4.25. The Labute approximate surface area is 199 Å². The Kier molecular flexibility index (Phi) is 5.71. The SMILES string of the molecule is COc1ccc(N2C(=O)c3cc4ccccc4n3CC2(C)C(=O)NC2CCCCC2)c(OC)c1. The zero-order valence-electron chi connectivity index (χ0n) is 20.0. The number of carbonyl (C=O) groups is 2. The van der Waals surface area contributed by atoms with Crippen molar-refractivity contribution in [3.05, 3.63) is 54.2 Å². The van der Waals surface area contributed by atoms with Gasteiger partial charge in [0.2, 0.25) is 5.91 Å². The van der Waals surface area contributed by atoms with Gasteiger partial charge in [-0.05, 0) is 44.0 Å². The maximum absolute atomic E-state index is 14.1. The Morgan fingerprint density at radius 3 is 2.53 bits per heavy atom. The highest BCUT2D eigenvalue weighted by Crippen LogP contribution is 2.41. The third-order valence-electron chi connectivity index (χ3n) is 7.25. The van der Waals surface area contributed by atoms with E-state index in [1.165, 1.54) is 6.42 Å². The molecule has 1 atom stereocenters. The first-order chi connectivity index (χ1) is 16.5. The number of aromatic nitrogens is 1. The van der Waals surface area contributed by atoms with Gasteiger partial charge in [-0.1, -0.05) is 37.5 Å². The molecule has 0 radical (unpaired) electrons. The molecule has 1 aromatic heterocycles. The number of carbonyl (C=O) groups excluding carboxylic acids is 2. The van der Waals surface area contributed by atoms with Gasteiger partial charge in [0.05, 0.1) is 26.5 Å². The normalized spacial score (nSPS) is 20.8. The number of nitrogens with one attached hydrogen (secondary N) is 1. The van der Waals surface area contributed by atoms with E-state index in [4.69, 9.17) is 9.47 Å². The van der Waals surface area contributed by atoms with Gasteiger partial charge in [0.1, 0.15) is 22.7 Å². The topological polar surface area (TPSA) is 72.8 Å². The number of para-hydroxylation sites is 1. The smallest absolute Gasteiger partial charge is 0.276 e. The molecule has 178 valence electrons. The summed E-state index contributed by atoms with van der Waals surface area (Å²) in [6, 6.07) is 15.3. The molecule has 2 aromatic carbocycles. The van der Waals surface area contributed by atoms with Gasteiger partial charge in [-0.2, -0.15) is 0 Å². The van der Waals surface area contributed by atoms with Crippen LogP contribution in [0.15, 0.2) is 48.5 Å². The number of anilines is 1. The highest BCUT2D eigenvalue weighted by molar-refractivity contribution is 6.14. The molecule has 2 heterocycles. The molecule has 1 N–H and O–H groups in total. The first-order valence-corrected chi connectivity index (χ1v) is 11.9. The lowest BCUT2D eigenvalue weighted by Gasteiger charge is -2.45. The highest BCUT2D eigenvalue weighted by Gasteiger charge is 2.49. The zero-order chi connectivity index (χ0) is 23.9. The molecular weight excluding hydrogens is 430 g/mol. The maximum atomic E-state index is 14.1. The van der Waals surface area contributed by atoms with E-state index in [0.717, 1.165) is 36.6 Å². The summed E-state index contributed by atoms with van der Waals surface area (Å²) in [5.41, 5.74) is 0.905. The first-order valence-electron chi connectivity index (χ1n) is 11.9. The Hall–Kier alpha value is -3.48. The van der Waals surface area contributed by atoms with Crippen molar-refractivity contribution in [3.8, 4) is 11.5 Å². The van der Waals surface area contributed by atoms with Crippen LogP contribution >= 0.6 is 0 Å². The number of rotatable bonds is 5. The van der Waals surface area contributed by atoms with Gasteiger partial charge < -0.3 is 19.4 Å². The quantitative estimate of drug-likeness (QED) is 0.606. The molecule has 1 aliphatic carbocycles. The van der Waals surface area contributed by atoms with Crippen molar-refractivity contribution >= 4 is 28.4 Å². The summed E-state index contributed by atoms with van der Waals surface area (Å²) in [5.74, 6) is 0.725. The fourth-order valence-corrected chi connectivity index (χ4v) is 5.38. The van der Waals surface area contributed by atoms with Gasteiger partial charge in [-0.25, -0.2) is 0 Å². The van der Waals surface area contributed by atoms with Crippen LogP contribution in [0.25, 0.3) is 10.9 Å². The van der Waals surface area contributed by atoms with Gasteiger partial charge >= 0.3 is 0 Å². The molecule has 1 aliphatic heterocycles. The van der Waals surface area contributed by atoms with Crippen molar-refractivity contribution in [2.24, 2.45) is 0 Å². The van der Waals surface area contributed by atoms with E-state index in [1.807, 2.05) is 41.8 Å². The van der Waals surface area contributed by atoms with Crippen LogP contribution in [-0.4, -0.2) is 42.2 Å². The molecule has 2 amide bonds. The number of fused-ring (bicyclic) bond motifs is 3. The van der Waals surface area contributed by atoms with Crippen molar-refractivity contribution in [3.63, 3.8) is 0 Å². The third kappa shape index (κ3) is 3.59. The van der Waals surface area contributed by atoms with E-state index in [9.17, 15) is 9.59 Å². The molecule has 1 saturated carbocycles. The Morgan fingerprint density at radius 1 is 1.03 bits per heavy atom. The van der Waals surface area contributed by atoms with E-state index >= 15 is 0 Å². The van der Waals surface area contributed by atoms with Crippen molar-refractivity contribution < 1.29 is 19.1 Å². The minimum absolute atomic E-state index is 0.135. The zero-order valence-corrected chi connectivity index (χ0v) is 20.0. The highest BCUT2D eigenvalue weighted by atomic mass is 16.5. The number of ether oxygens (including phenoxy) is 2. The lowest BCUT2D eigenvalue weighted by molar-refractivity contribution is -0.127. The molecule has 3 aromatic rings.